The van der Waals surface area contributed by atoms with Crippen LogP contribution < -0.4 is 0 Å². The molecule has 0 aliphatic carbocycles. The average molecular weight is 335 g/mol. The van der Waals surface area contributed by atoms with Crippen LogP contribution in [0.25, 0.3) is 5.52 Å². The van der Waals surface area contributed by atoms with Gasteiger partial charge in [0.15, 0.2) is 0 Å². The van der Waals surface area contributed by atoms with Gasteiger partial charge in [-0.2, -0.15) is 5.10 Å². The largest absolute Gasteiger partial charge is 0.277 e. The molecule has 0 saturated carbocycles. The molecule has 2 aromatic heterocycles. The number of benzene rings is 1. The van der Waals surface area contributed by atoms with E-state index in [2.05, 4.69) is 44.9 Å². The molecule has 3 aromatic rings. The second-order valence-electron chi connectivity index (χ2n) is 7.94. The second kappa shape index (κ2) is 5.01. The van der Waals surface area contributed by atoms with Crippen molar-refractivity contribution in [3.63, 3.8) is 0 Å². The van der Waals surface area contributed by atoms with Crippen molar-refractivity contribution in [1.29, 1.82) is 0 Å². The Morgan fingerprint density at radius 3 is 2.60 bits per heavy atom. The highest BCUT2D eigenvalue weighted by Gasteiger charge is 2.45. The molecule has 3 heterocycles. The monoisotopic (exact) mass is 335 g/mol. The summed E-state index contributed by atoms with van der Waals surface area (Å²) in [6.07, 6.45) is 3.80. The number of aromatic nitrogens is 2. The first-order valence-electron chi connectivity index (χ1n) is 8.55. The Kier molecular flexibility index (Phi) is 3.21. The van der Waals surface area contributed by atoms with Crippen molar-refractivity contribution in [2.75, 3.05) is 0 Å². The van der Waals surface area contributed by atoms with E-state index in [4.69, 9.17) is 4.99 Å². The molecule has 0 fully saturated rings. The molecule has 0 atom stereocenters. The van der Waals surface area contributed by atoms with E-state index in [9.17, 15) is 4.39 Å². The van der Waals surface area contributed by atoms with Gasteiger partial charge in [-0.3, -0.25) is 4.99 Å². The van der Waals surface area contributed by atoms with Gasteiger partial charge in [0.05, 0.1) is 23.0 Å². The summed E-state index contributed by atoms with van der Waals surface area (Å²) in [5, 5.41) is 4.50. The lowest BCUT2D eigenvalue weighted by Gasteiger charge is -2.44. The molecule has 25 heavy (non-hydrogen) atoms. The fourth-order valence-corrected chi connectivity index (χ4v) is 3.62. The highest BCUT2D eigenvalue weighted by atomic mass is 19.1. The van der Waals surface area contributed by atoms with Crippen LogP contribution in [-0.2, 0) is 5.41 Å². The van der Waals surface area contributed by atoms with Crippen molar-refractivity contribution in [3.8, 4) is 0 Å². The molecule has 3 nitrogen and oxygen atoms in total. The molecular formula is C21H22FN3. The fourth-order valence-electron chi connectivity index (χ4n) is 3.62. The molecule has 4 rings (SSSR count). The number of halogens is 1. The predicted molar refractivity (Wildman–Crippen MR) is 99.1 cm³/mol. The van der Waals surface area contributed by atoms with Gasteiger partial charge < -0.3 is 0 Å². The van der Waals surface area contributed by atoms with E-state index in [0.29, 0.717) is 0 Å². The minimum atomic E-state index is -0.429. The number of rotatable bonds is 1. The Morgan fingerprint density at radius 2 is 1.84 bits per heavy atom. The summed E-state index contributed by atoms with van der Waals surface area (Å²) in [5.74, 6) is -0.171. The predicted octanol–water partition coefficient (Wildman–Crippen LogP) is 4.69. The lowest BCUT2D eigenvalue weighted by atomic mass is 9.65. The van der Waals surface area contributed by atoms with Crippen molar-refractivity contribution < 1.29 is 4.39 Å². The zero-order valence-corrected chi connectivity index (χ0v) is 15.3. The Balaban J connectivity index is 2.00. The van der Waals surface area contributed by atoms with Gasteiger partial charge in [-0.05, 0) is 44.5 Å². The van der Waals surface area contributed by atoms with Crippen LogP contribution in [0.1, 0.15) is 49.9 Å². The first kappa shape index (κ1) is 16.0. The minimum absolute atomic E-state index is 0.171. The second-order valence-corrected chi connectivity index (χ2v) is 7.94. The fraction of sp³-hybridized carbons (Fsp3) is 0.333. The standard InChI is InChI=1S/C21H22FN3/c1-13-9-15-10-14(11-23-25(15)12-13)19-16-7-6-8-17(22)18(16)20(2,3)21(4,5)24-19/h6-12H,1-5H3. The van der Waals surface area contributed by atoms with Crippen molar-refractivity contribution >= 4 is 11.2 Å². The van der Waals surface area contributed by atoms with Gasteiger partial charge in [-0.25, -0.2) is 8.91 Å². The lowest BCUT2D eigenvalue weighted by molar-refractivity contribution is 0.293. The van der Waals surface area contributed by atoms with Gasteiger partial charge in [0.25, 0.3) is 0 Å². The number of hydrogen-bond acceptors (Lipinski definition) is 2. The highest BCUT2D eigenvalue weighted by Crippen LogP contribution is 2.44. The molecule has 1 aliphatic heterocycles. The van der Waals surface area contributed by atoms with Crippen LogP contribution in [0, 0.1) is 12.7 Å². The van der Waals surface area contributed by atoms with E-state index in [-0.39, 0.29) is 5.82 Å². The summed E-state index contributed by atoms with van der Waals surface area (Å²) in [6, 6.07) is 9.41. The highest BCUT2D eigenvalue weighted by molar-refractivity contribution is 6.15. The molecule has 1 aliphatic rings. The van der Waals surface area contributed by atoms with Gasteiger partial charge in [-0.1, -0.05) is 26.0 Å². The van der Waals surface area contributed by atoms with Gasteiger partial charge in [0.2, 0.25) is 0 Å². The molecule has 1 aromatic carbocycles. The molecule has 4 heteroatoms. The molecule has 0 amide bonds. The Morgan fingerprint density at radius 1 is 1.08 bits per heavy atom. The van der Waals surface area contributed by atoms with Crippen molar-refractivity contribution in [3.05, 3.63) is 70.8 Å². The SMILES string of the molecule is Cc1cc2cc(C3=NC(C)(C)C(C)(C)c4c(F)cccc43)cnn2c1. The van der Waals surface area contributed by atoms with Crippen LogP contribution >= 0.6 is 0 Å². The Labute approximate surface area is 147 Å². The number of hydrogen-bond donors (Lipinski definition) is 0. The minimum Gasteiger partial charge on any atom is -0.277 e. The van der Waals surface area contributed by atoms with E-state index in [1.54, 1.807) is 6.07 Å². The zero-order valence-electron chi connectivity index (χ0n) is 15.3. The van der Waals surface area contributed by atoms with Gasteiger partial charge in [-0.15, -0.1) is 0 Å². The number of aryl methyl sites for hydroxylation is 1. The summed E-state index contributed by atoms with van der Waals surface area (Å²) < 4.78 is 16.6. The summed E-state index contributed by atoms with van der Waals surface area (Å²) in [7, 11) is 0. The number of fused-ring (bicyclic) bond motifs is 2. The average Bonchev–Trinajstić information content (AvgIpc) is 2.90. The van der Waals surface area contributed by atoms with E-state index in [1.807, 2.05) is 29.9 Å². The number of aliphatic imine (C=N–C) groups is 1. The van der Waals surface area contributed by atoms with E-state index >= 15 is 0 Å². The normalized spacial score (nSPS) is 18.1. The molecule has 0 bridgehead atoms. The van der Waals surface area contributed by atoms with Crippen LogP contribution in [-0.4, -0.2) is 20.9 Å². The topological polar surface area (TPSA) is 29.7 Å². The summed E-state index contributed by atoms with van der Waals surface area (Å²) >= 11 is 0. The maximum Gasteiger partial charge on any atom is 0.127 e. The third-order valence-corrected chi connectivity index (χ3v) is 5.68. The van der Waals surface area contributed by atoms with Crippen molar-refractivity contribution in [2.24, 2.45) is 4.99 Å². The van der Waals surface area contributed by atoms with Gasteiger partial charge >= 0.3 is 0 Å². The van der Waals surface area contributed by atoms with Gasteiger partial charge in [0, 0.05) is 28.3 Å². The summed E-state index contributed by atoms with van der Waals surface area (Å²) in [6.45, 7) is 10.3. The van der Waals surface area contributed by atoms with Crippen LogP contribution in [0.5, 0.6) is 0 Å². The molecule has 0 unspecified atom stereocenters. The summed E-state index contributed by atoms with van der Waals surface area (Å²) in [5.41, 5.74) is 4.66. The smallest absolute Gasteiger partial charge is 0.127 e. The maximum atomic E-state index is 14.8. The first-order valence-corrected chi connectivity index (χ1v) is 8.55. The van der Waals surface area contributed by atoms with Crippen LogP contribution in [0.3, 0.4) is 0 Å². The Bertz CT molecular complexity index is 1020. The first-order chi connectivity index (χ1) is 11.7. The molecule has 0 N–H and O–H groups in total. The number of nitrogens with zero attached hydrogens (tertiary/aromatic N) is 3. The summed E-state index contributed by atoms with van der Waals surface area (Å²) in [4.78, 5) is 5.03. The zero-order chi connectivity index (χ0) is 18.0. The molecule has 128 valence electrons. The molecular weight excluding hydrogens is 313 g/mol. The molecule has 0 radical (unpaired) electrons. The van der Waals surface area contributed by atoms with Crippen LogP contribution in [0.2, 0.25) is 0 Å². The van der Waals surface area contributed by atoms with Crippen molar-refractivity contribution in [2.45, 2.75) is 45.6 Å². The third-order valence-electron chi connectivity index (χ3n) is 5.68. The van der Waals surface area contributed by atoms with Crippen LogP contribution in [0.4, 0.5) is 4.39 Å². The quantitative estimate of drug-likeness (QED) is 0.634. The molecule has 0 spiro atoms. The molecule has 0 saturated heterocycles. The lowest BCUT2D eigenvalue weighted by Crippen LogP contribution is -2.46. The van der Waals surface area contributed by atoms with E-state index in [1.165, 1.54) is 6.07 Å². The van der Waals surface area contributed by atoms with E-state index in [0.717, 1.165) is 33.5 Å². The third kappa shape index (κ3) is 2.24. The van der Waals surface area contributed by atoms with Gasteiger partial charge in [0.1, 0.15) is 5.82 Å². The van der Waals surface area contributed by atoms with E-state index < -0.39 is 11.0 Å². The maximum absolute atomic E-state index is 14.8. The van der Waals surface area contributed by atoms with Crippen LogP contribution in [0.15, 0.2) is 47.7 Å². The Hall–Kier alpha value is -2.49. The van der Waals surface area contributed by atoms with Crippen molar-refractivity contribution in [1.82, 2.24) is 9.61 Å².